The Hall–Kier alpha value is -2.21. The third kappa shape index (κ3) is 2.03. The highest BCUT2D eigenvalue weighted by atomic mass is 32.1. The van der Waals surface area contributed by atoms with Crippen molar-refractivity contribution in [1.29, 1.82) is 0 Å². The summed E-state index contributed by atoms with van der Waals surface area (Å²) in [6.45, 7) is 3.86. The van der Waals surface area contributed by atoms with Crippen LogP contribution in [0.15, 0.2) is 24.4 Å². The molecule has 1 aromatic heterocycles. The molecule has 1 atom stereocenters. The van der Waals surface area contributed by atoms with E-state index in [1.54, 1.807) is 24.4 Å². The largest absolute Gasteiger partial charge is 0.398 e. The maximum Gasteiger partial charge on any atom is 0.264 e. The van der Waals surface area contributed by atoms with Gasteiger partial charge in [0, 0.05) is 16.8 Å². The fraction of sp³-hybridized carbons (Fsp3) is 0.267. The fourth-order valence-corrected chi connectivity index (χ4v) is 3.37. The molecule has 1 aliphatic rings. The average Bonchev–Trinajstić information content (AvgIpc) is 3.04. The molecule has 1 aromatic carbocycles. The number of aromatic nitrogens is 1. The molecule has 3 rings (SSSR count). The van der Waals surface area contributed by atoms with Crippen molar-refractivity contribution in [2.45, 2.75) is 26.3 Å². The maximum atomic E-state index is 12.5. The minimum absolute atomic E-state index is 0.303. The highest BCUT2D eigenvalue weighted by Gasteiger charge is 2.40. The Morgan fingerprint density at radius 1 is 1.33 bits per heavy atom. The minimum atomic E-state index is -0.387. The van der Waals surface area contributed by atoms with Crippen LogP contribution < -0.4 is 5.73 Å². The first-order valence-corrected chi connectivity index (χ1v) is 7.57. The molecule has 5 nitrogen and oxygen atoms in total. The SMILES string of the molecule is CCc1cnc(C(C)N2C(=O)c3cccc(N)c3C2=O)s1. The van der Waals surface area contributed by atoms with E-state index in [1.807, 2.05) is 13.8 Å². The van der Waals surface area contributed by atoms with Crippen molar-refractivity contribution in [3.05, 3.63) is 45.4 Å². The number of fused-ring (bicyclic) bond motifs is 1. The number of carbonyl (C=O) groups excluding carboxylic acids is 2. The van der Waals surface area contributed by atoms with Crippen LogP contribution in [0.4, 0.5) is 5.69 Å². The van der Waals surface area contributed by atoms with Gasteiger partial charge in [0.2, 0.25) is 0 Å². The van der Waals surface area contributed by atoms with Crippen molar-refractivity contribution in [2.24, 2.45) is 0 Å². The molecule has 2 N–H and O–H groups in total. The van der Waals surface area contributed by atoms with E-state index in [0.29, 0.717) is 16.8 Å². The molecule has 2 heterocycles. The Labute approximate surface area is 126 Å². The Bertz CT molecular complexity index is 738. The number of nitrogens with zero attached hydrogens (tertiary/aromatic N) is 2. The lowest BCUT2D eigenvalue weighted by molar-refractivity contribution is 0.0595. The predicted molar refractivity (Wildman–Crippen MR) is 81.3 cm³/mol. The molecule has 1 unspecified atom stereocenters. The lowest BCUT2D eigenvalue weighted by Gasteiger charge is -2.20. The van der Waals surface area contributed by atoms with Crippen LogP contribution in [0.25, 0.3) is 0 Å². The van der Waals surface area contributed by atoms with Crippen molar-refractivity contribution in [2.75, 3.05) is 5.73 Å². The lowest BCUT2D eigenvalue weighted by Crippen LogP contribution is -2.32. The van der Waals surface area contributed by atoms with E-state index in [4.69, 9.17) is 5.73 Å². The van der Waals surface area contributed by atoms with Gasteiger partial charge in [0.1, 0.15) is 5.01 Å². The monoisotopic (exact) mass is 301 g/mol. The van der Waals surface area contributed by atoms with Gasteiger partial charge in [0.05, 0.1) is 17.2 Å². The third-order valence-corrected chi connectivity index (χ3v) is 4.96. The molecule has 0 radical (unpaired) electrons. The normalized spacial score (nSPS) is 15.4. The number of nitrogen functional groups attached to an aromatic ring is 1. The van der Waals surface area contributed by atoms with Crippen LogP contribution >= 0.6 is 11.3 Å². The van der Waals surface area contributed by atoms with Crippen LogP contribution in [0.5, 0.6) is 0 Å². The molecular formula is C15H15N3O2S. The molecule has 6 heteroatoms. The average molecular weight is 301 g/mol. The van der Waals surface area contributed by atoms with E-state index < -0.39 is 0 Å². The first-order chi connectivity index (χ1) is 10.0. The summed E-state index contributed by atoms with van der Waals surface area (Å²) in [7, 11) is 0. The molecule has 0 spiro atoms. The zero-order chi connectivity index (χ0) is 15.1. The molecule has 0 saturated carbocycles. The van der Waals surface area contributed by atoms with Crippen molar-refractivity contribution in [3.63, 3.8) is 0 Å². The number of anilines is 1. The summed E-state index contributed by atoms with van der Waals surface area (Å²) in [6.07, 6.45) is 2.68. The summed E-state index contributed by atoms with van der Waals surface area (Å²) < 4.78 is 0. The summed E-state index contributed by atoms with van der Waals surface area (Å²) in [5, 5.41) is 0.764. The summed E-state index contributed by atoms with van der Waals surface area (Å²) in [4.78, 5) is 31.7. The van der Waals surface area contributed by atoms with E-state index in [9.17, 15) is 9.59 Å². The molecule has 1 aliphatic heterocycles. The fourth-order valence-electron chi connectivity index (χ4n) is 2.47. The highest BCUT2D eigenvalue weighted by molar-refractivity contribution is 7.11. The van der Waals surface area contributed by atoms with Crippen molar-refractivity contribution in [3.8, 4) is 0 Å². The Morgan fingerprint density at radius 2 is 2.10 bits per heavy atom. The van der Waals surface area contributed by atoms with Crippen LogP contribution in [-0.4, -0.2) is 21.7 Å². The number of nitrogens with two attached hydrogens (primary N) is 1. The molecular weight excluding hydrogens is 286 g/mol. The summed E-state index contributed by atoms with van der Waals surface area (Å²) >= 11 is 1.53. The van der Waals surface area contributed by atoms with Crippen LogP contribution in [0, 0.1) is 0 Å². The third-order valence-electron chi connectivity index (χ3n) is 3.64. The Balaban J connectivity index is 1.99. The topological polar surface area (TPSA) is 76.3 Å². The zero-order valence-corrected chi connectivity index (χ0v) is 12.6. The lowest BCUT2D eigenvalue weighted by atomic mass is 10.1. The van der Waals surface area contributed by atoms with Gasteiger partial charge in [-0.2, -0.15) is 0 Å². The number of aryl methyl sites for hydroxylation is 1. The minimum Gasteiger partial charge on any atom is -0.398 e. The van der Waals surface area contributed by atoms with E-state index in [-0.39, 0.29) is 17.9 Å². The van der Waals surface area contributed by atoms with Gasteiger partial charge in [0.15, 0.2) is 0 Å². The molecule has 0 aliphatic carbocycles. The van der Waals surface area contributed by atoms with Crippen LogP contribution in [0.2, 0.25) is 0 Å². The quantitative estimate of drug-likeness (QED) is 0.698. The molecule has 108 valence electrons. The zero-order valence-electron chi connectivity index (χ0n) is 11.8. The molecule has 2 amide bonds. The summed E-state index contributed by atoms with van der Waals surface area (Å²) in [5.74, 6) is -0.642. The van der Waals surface area contributed by atoms with Crippen molar-refractivity contribution in [1.82, 2.24) is 9.88 Å². The van der Waals surface area contributed by atoms with E-state index in [1.165, 1.54) is 16.2 Å². The van der Waals surface area contributed by atoms with Crippen LogP contribution in [-0.2, 0) is 6.42 Å². The number of amides is 2. The van der Waals surface area contributed by atoms with Crippen molar-refractivity contribution < 1.29 is 9.59 Å². The number of thiazole rings is 1. The standard InChI is InChI=1S/C15H15N3O2S/c1-3-9-7-17-13(21-9)8(2)18-14(19)10-5-4-6-11(16)12(10)15(18)20/h4-8H,3,16H2,1-2H3. The molecule has 0 fully saturated rings. The smallest absolute Gasteiger partial charge is 0.264 e. The first kappa shape index (κ1) is 13.8. The number of carbonyl (C=O) groups is 2. The molecule has 21 heavy (non-hydrogen) atoms. The number of benzene rings is 1. The van der Waals surface area contributed by atoms with Gasteiger partial charge in [-0.3, -0.25) is 14.5 Å². The summed E-state index contributed by atoms with van der Waals surface area (Å²) in [5.41, 5.74) is 6.86. The molecule has 0 saturated heterocycles. The van der Waals surface area contributed by atoms with Crippen LogP contribution in [0.1, 0.15) is 50.5 Å². The Kier molecular flexibility index (Phi) is 3.25. The molecule has 0 bridgehead atoms. The van der Waals surface area contributed by atoms with Gasteiger partial charge in [-0.05, 0) is 25.5 Å². The molecule has 2 aromatic rings. The second kappa shape index (κ2) is 4.96. The highest BCUT2D eigenvalue weighted by Crippen LogP contribution is 2.35. The van der Waals surface area contributed by atoms with E-state index in [2.05, 4.69) is 4.98 Å². The first-order valence-electron chi connectivity index (χ1n) is 6.75. The number of hydrogen-bond donors (Lipinski definition) is 1. The second-order valence-electron chi connectivity index (χ2n) is 4.94. The summed E-state index contributed by atoms with van der Waals surface area (Å²) in [6, 6.07) is 4.57. The number of hydrogen-bond acceptors (Lipinski definition) is 5. The number of rotatable bonds is 3. The number of imide groups is 1. The van der Waals surface area contributed by atoms with Gasteiger partial charge in [-0.15, -0.1) is 11.3 Å². The van der Waals surface area contributed by atoms with Gasteiger partial charge in [-0.25, -0.2) is 4.98 Å². The van der Waals surface area contributed by atoms with Gasteiger partial charge in [0.25, 0.3) is 11.8 Å². The van der Waals surface area contributed by atoms with Gasteiger partial charge < -0.3 is 5.73 Å². The van der Waals surface area contributed by atoms with E-state index >= 15 is 0 Å². The van der Waals surface area contributed by atoms with Gasteiger partial charge >= 0.3 is 0 Å². The van der Waals surface area contributed by atoms with Gasteiger partial charge in [-0.1, -0.05) is 13.0 Å². The van der Waals surface area contributed by atoms with E-state index in [0.717, 1.165) is 16.3 Å². The Morgan fingerprint density at radius 3 is 2.71 bits per heavy atom. The van der Waals surface area contributed by atoms with Crippen molar-refractivity contribution >= 4 is 28.8 Å². The predicted octanol–water partition coefficient (Wildman–Crippen LogP) is 2.64. The second-order valence-corrected chi connectivity index (χ2v) is 6.09. The maximum absolute atomic E-state index is 12.5. The van der Waals surface area contributed by atoms with Crippen LogP contribution in [0.3, 0.4) is 0 Å².